The monoisotopic (exact) mass is 427 g/mol. The van der Waals surface area contributed by atoms with Crippen molar-refractivity contribution < 1.29 is 9.59 Å². The Morgan fingerprint density at radius 1 is 1.28 bits per heavy atom. The number of nitrogens with zero attached hydrogens (tertiary/aromatic N) is 3. The zero-order valence-electron chi connectivity index (χ0n) is 15.7. The normalized spacial score (nSPS) is 16.6. The van der Waals surface area contributed by atoms with E-state index < -0.39 is 0 Å². The number of anilines is 2. The average Bonchev–Trinajstić information content (AvgIpc) is 3.40. The van der Waals surface area contributed by atoms with Crippen molar-refractivity contribution in [3.63, 3.8) is 0 Å². The minimum Gasteiger partial charge on any atom is -0.369 e. The molecule has 29 heavy (non-hydrogen) atoms. The van der Waals surface area contributed by atoms with Crippen LogP contribution in [-0.4, -0.2) is 34.9 Å². The minimum absolute atomic E-state index is 0.131. The Kier molecular flexibility index (Phi) is 5.86. The van der Waals surface area contributed by atoms with Crippen LogP contribution in [0.15, 0.2) is 40.5 Å². The van der Waals surface area contributed by atoms with Gasteiger partial charge in [0.15, 0.2) is 0 Å². The van der Waals surface area contributed by atoms with Crippen molar-refractivity contribution in [2.24, 2.45) is 11.7 Å². The second kappa shape index (κ2) is 8.71. The van der Waals surface area contributed by atoms with E-state index in [2.05, 4.69) is 20.2 Å². The number of piperidine rings is 1. The highest BCUT2D eigenvalue weighted by Crippen LogP contribution is 2.26. The summed E-state index contributed by atoms with van der Waals surface area (Å²) in [5.41, 5.74) is 7.92. The van der Waals surface area contributed by atoms with Gasteiger partial charge >= 0.3 is 0 Å². The Morgan fingerprint density at radius 3 is 2.90 bits per heavy atom. The minimum atomic E-state index is -0.261. The number of thiophene rings is 1. The lowest BCUT2D eigenvalue weighted by Gasteiger charge is -2.32. The molecule has 1 saturated heterocycles. The molecule has 7 nitrogen and oxygen atoms in total. The van der Waals surface area contributed by atoms with Crippen LogP contribution >= 0.6 is 22.7 Å². The van der Waals surface area contributed by atoms with E-state index in [9.17, 15) is 9.59 Å². The average molecular weight is 428 g/mol. The number of rotatable bonds is 6. The summed E-state index contributed by atoms with van der Waals surface area (Å²) in [6.07, 6.45) is 3.59. The molecule has 1 unspecified atom stereocenters. The van der Waals surface area contributed by atoms with Gasteiger partial charge in [0, 0.05) is 29.4 Å². The Morgan fingerprint density at radius 2 is 2.17 bits per heavy atom. The second-order valence-corrected chi connectivity index (χ2v) is 8.61. The smallest absolute Gasteiger partial charge is 0.230 e. The summed E-state index contributed by atoms with van der Waals surface area (Å²) in [6, 6.07) is 5.71. The number of carbonyl (C=O) groups excluding carboxylic acids is 2. The maximum absolute atomic E-state index is 12.3. The number of primary amides is 1. The lowest BCUT2D eigenvalue weighted by molar-refractivity contribution is -0.122. The van der Waals surface area contributed by atoms with Gasteiger partial charge in [0.25, 0.3) is 0 Å². The van der Waals surface area contributed by atoms with Crippen molar-refractivity contribution in [3.05, 3.63) is 46.2 Å². The summed E-state index contributed by atoms with van der Waals surface area (Å²) in [4.78, 5) is 34.8. The maximum atomic E-state index is 12.3. The van der Waals surface area contributed by atoms with Crippen molar-refractivity contribution in [1.82, 2.24) is 9.97 Å². The van der Waals surface area contributed by atoms with Gasteiger partial charge < -0.3 is 16.0 Å². The van der Waals surface area contributed by atoms with Crippen molar-refractivity contribution in [2.45, 2.75) is 19.3 Å². The quantitative estimate of drug-likeness (QED) is 0.629. The van der Waals surface area contributed by atoms with Crippen molar-refractivity contribution in [3.8, 4) is 10.6 Å². The van der Waals surface area contributed by atoms with Gasteiger partial charge in [0.2, 0.25) is 11.8 Å². The number of amides is 2. The SMILES string of the molecule is NC(=O)C1CCCN(c2ccc(NC(=O)Cc3csc(-c4ccsc4)n3)cn2)C1. The molecule has 0 saturated carbocycles. The first-order valence-electron chi connectivity index (χ1n) is 9.35. The largest absolute Gasteiger partial charge is 0.369 e. The van der Waals surface area contributed by atoms with E-state index in [1.807, 2.05) is 34.3 Å². The fourth-order valence-electron chi connectivity index (χ4n) is 3.34. The van der Waals surface area contributed by atoms with Crippen LogP contribution in [-0.2, 0) is 16.0 Å². The van der Waals surface area contributed by atoms with Gasteiger partial charge in [-0.1, -0.05) is 0 Å². The van der Waals surface area contributed by atoms with Gasteiger partial charge in [0.05, 0.1) is 29.9 Å². The van der Waals surface area contributed by atoms with Gasteiger partial charge in [-0.2, -0.15) is 11.3 Å². The lowest BCUT2D eigenvalue weighted by Crippen LogP contribution is -2.41. The number of hydrogen-bond donors (Lipinski definition) is 2. The van der Waals surface area contributed by atoms with E-state index in [-0.39, 0.29) is 24.2 Å². The molecule has 1 fully saturated rings. The summed E-state index contributed by atoms with van der Waals surface area (Å²) in [6.45, 7) is 1.43. The molecule has 1 aliphatic rings. The molecular weight excluding hydrogens is 406 g/mol. The first kappa shape index (κ1) is 19.5. The molecule has 1 aliphatic heterocycles. The number of hydrogen-bond acceptors (Lipinski definition) is 7. The molecule has 0 bridgehead atoms. The maximum Gasteiger partial charge on any atom is 0.230 e. The molecule has 3 aromatic rings. The molecule has 4 heterocycles. The van der Waals surface area contributed by atoms with E-state index in [0.717, 1.165) is 41.5 Å². The third-order valence-electron chi connectivity index (χ3n) is 4.84. The van der Waals surface area contributed by atoms with Crippen LogP contribution in [0.5, 0.6) is 0 Å². The molecule has 0 radical (unpaired) electrons. The summed E-state index contributed by atoms with van der Waals surface area (Å²) >= 11 is 3.17. The molecule has 0 spiro atoms. The fraction of sp³-hybridized carbons (Fsp3) is 0.300. The van der Waals surface area contributed by atoms with E-state index in [1.165, 1.54) is 0 Å². The third-order valence-corrected chi connectivity index (χ3v) is 6.46. The summed E-state index contributed by atoms with van der Waals surface area (Å²) in [7, 11) is 0. The Bertz CT molecular complexity index is 985. The number of nitrogens with two attached hydrogens (primary N) is 1. The molecular formula is C20H21N5O2S2. The van der Waals surface area contributed by atoms with Crippen LogP contribution in [0.25, 0.3) is 10.6 Å². The van der Waals surface area contributed by atoms with E-state index in [4.69, 9.17) is 5.73 Å². The van der Waals surface area contributed by atoms with Crippen LogP contribution in [0, 0.1) is 5.92 Å². The summed E-state index contributed by atoms with van der Waals surface area (Å²) in [5, 5.41) is 9.76. The standard InChI is InChI=1S/C20H21N5O2S2/c21-19(27)13-2-1-6-25(10-13)17-4-3-15(9-22-17)23-18(26)8-16-12-29-20(24-16)14-5-7-28-11-14/h3-5,7,9,11-13H,1-2,6,8,10H2,(H2,21,27)(H,23,26). The van der Waals surface area contributed by atoms with Crippen LogP contribution in [0.4, 0.5) is 11.5 Å². The molecule has 150 valence electrons. The van der Waals surface area contributed by atoms with Crippen molar-refractivity contribution in [2.75, 3.05) is 23.3 Å². The Balaban J connectivity index is 1.34. The predicted octanol–water partition coefficient (Wildman–Crippen LogP) is 3.15. The predicted molar refractivity (Wildman–Crippen MR) is 116 cm³/mol. The van der Waals surface area contributed by atoms with Gasteiger partial charge in [-0.3, -0.25) is 9.59 Å². The van der Waals surface area contributed by atoms with Gasteiger partial charge in [-0.25, -0.2) is 9.97 Å². The molecule has 3 aromatic heterocycles. The molecule has 3 N–H and O–H groups in total. The summed E-state index contributed by atoms with van der Waals surface area (Å²) < 4.78 is 0. The van der Waals surface area contributed by atoms with Gasteiger partial charge in [-0.05, 0) is 36.4 Å². The van der Waals surface area contributed by atoms with Crippen molar-refractivity contribution in [1.29, 1.82) is 0 Å². The van der Waals surface area contributed by atoms with Gasteiger partial charge in [0.1, 0.15) is 10.8 Å². The zero-order chi connectivity index (χ0) is 20.2. The number of pyridine rings is 1. The van der Waals surface area contributed by atoms with Crippen molar-refractivity contribution >= 4 is 46.0 Å². The topological polar surface area (TPSA) is 101 Å². The van der Waals surface area contributed by atoms with E-state index >= 15 is 0 Å². The highest BCUT2D eigenvalue weighted by atomic mass is 32.1. The molecule has 2 amide bonds. The van der Waals surface area contributed by atoms with Crippen LogP contribution in [0.1, 0.15) is 18.5 Å². The number of nitrogens with one attached hydrogen (secondary N) is 1. The lowest BCUT2D eigenvalue weighted by atomic mass is 9.97. The molecule has 4 rings (SSSR count). The molecule has 0 aliphatic carbocycles. The Labute approximate surface area is 176 Å². The van der Waals surface area contributed by atoms with Crippen LogP contribution in [0.3, 0.4) is 0 Å². The Hall–Kier alpha value is -2.78. The second-order valence-electron chi connectivity index (χ2n) is 6.97. The number of aromatic nitrogens is 2. The first-order valence-corrected chi connectivity index (χ1v) is 11.2. The molecule has 1 atom stereocenters. The highest BCUT2D eigenvalue weighted by Gasteiger charge is 2.24. The van der Waals surface area contributed by atoms with Gasteiger partial charge in [-0.15, -0.1) is 11.3 Å². The number of thiazole rings is 1. The first-order chi connectivity index (χ1) is 14.1. The highest BCUT2D eigenvalue weighted by molar-refractivity contribution is 7.14. The van der Waals surface area contributed by atoms with Crippen LogP contribution in [0.2, 0.25) is 0 Å². The third kappa shape index (κ3) is 4.80. The van der Waals surface area contributed by atoms with Crippen LogP contribution < -0.4 is 16.0 Å². The molecule has 0 aromatic carbocycles. The number of carbonyl (C=O) groups is 2. The zero-order valence-corrected chi connectivity index (χ0v) is 17.3. The summed E-state index contributed by atoms with van der Waals surface area (Å²) in [5.74, 6) is 0.257. The molecule has 9 heteroatoms. The fourth-order valence-corrected chi connectivity index (χ4v) is 4.87. The van der Waals surface area contributed by atoms with E-state index in [1.54, 1.807) is 28.9 Å². The van der Waals surface area contributed by atoms with E-state index in [0.29, 0.717) is 12.2 Å².